The van der Waals surface area contributed by atoms with E-state index in [1.807, 2.05) is 0 Å². The van der Waals surface area contributed by atoms with E-state index >= 15 is 0 Å². The topological polar surface area (TPSA) is 62.4 Å². The highest BCUT2D eigenvalue weighted by Gasteiger charge is 2.37. The van der Waals surface area contributed by atoms with E-state index in [1.165, 1.54) is 6.07 Å². The van der Waals surface area contributed by atoms with Gasteiger partial charge in [-0.05, 0) is 24.1 Å². The molecule has 3 rings (SSSR count). The van der Waals surface area contributed by atoms with Gasteiger partial charge in [-0.2, -0.15) is 13.2 Å². The first-order chi connectivity index (χ1) is 10.3. The standard InChI is InChI=1S/C14H14F3N3O2/c1-8-18-19-13(22-8)20-7-11(21)6-12(20)9-3-2-4-10(5-9)14(15,16)17/h2-5,11-12,21H,6-7H2,1H3/t11-,12-/m1/s1. The third-order valence-electron chi connectivity index (χ3n) is 3.64. The van der Waals surface area contributed by atoms with Gasteiger partial charge < -0.3 is 14.4 Å². The number of hydrogen-bond acceptors (Lipinski definition) is 5. The maximum absolute atomic E-state index is 12.9. The number of halogens is 3. The Morgan fingerprint density at radius 3 is 2.73 bits per heavy atom. The molecule has 1 aromatic carbocycles. The van der Waals surface area contributed by atoms with E-state index in [0.717, 1.165) is 12.1 Å². The van der Waals surface area contributed by atoms with Gasteiger partial charge in [0.05, 0.1) is 17.7 Å². The highest BCUT2D eigenvalue weighted by Crippen LogP contribution is 2.38. The van der Waals surface area contributed by atoms with Crippen molar-refractivity contribution in [3.05, 3.63) is 41.3 Å². The molecule has 2 atom stereocenters. The second-order valence-electron chi connectivity index (χ2n) is 5.28. The molecule has 0 aliphatic carbocycles. The van der Waals surface area contributed by atoms with Gasteiger partial charge in [-0.25, -0.2) is 0 Å². The van der Waals surface area contributed by atoms with Gasteiger partial charge in [-0.1, -0.05) is 17.2 Å². The summed E-state index contributed by atoms with van der Waals surface area (Å²) in [6, 6.07) is 4.86. The van der Waals surface area contributed by atoms with Crippen molar-refractivity contribution in [2.45, 2.75) is 31.7 Å². The third-order valence-corrected chi connectivity index (χ3v) is 3.64. The zero-order chi connectivity index (χ0) is 15.9. The Kier molecular flexibility index (Phi) is 3.56. The smallest absolute Gasteiger partial charge is 0.408 e. The van der Waals surface area contributed by atoms with Crippen molar-refractivity contribution in [2.75, 3.05) is 11.4 Å². The fourth-order valence-corrected chi connectivity index (χ4v) is 2.67. The number of aryl methyl sites for hydroxylation is 1. The van der Waals surface area contributed by atoms with Crippen LogP contribution in [0.3, 0.4) is 0 Å². The van der Waals surface area contributed by atoms with Crippen LogP contribution in [-0.4, -0.2) is 28.0 Å². The van der Waals surface area contributed by atoms with Crippen molar-refractivity contribution in [1.82, 2.24) is 10.2 Å². The summed E-state index contributed by atoms with van der Waals surface area (Å²) in [6.07, 6.45) is -4.76. The van der Waals surface area contributed by atoms with Crippen molar-refractivity contribution in [2.24, 2.45) is 0 Å². The Morgan fingerprint density at radius 2 is 2.09 bits per heavy atom. The second kappa shape index (κ2) is 5.28. The molecule has 1 aromatic heterocycles. The van der Waals surface area contributed by atoms with Crippen LogP contribution >= 0.6 is 0 Å². The molecule has 1 fully saturated rings. The van der Waals surface area contributed by atoms with E-state index in [0.29, 0.717) is 17.9 Å². The number of hydrogen-bond donors (Lipinski definition) is 1. The summed E-state index contributed by atoms with van der Waals surface area (Å²) >= 11 is 0. The van der Waals surface area contributed by atoms with Crippen molar-refractivity contribution < 1.29 is 22.7 Å². The molecule has 8 heteroatoms. The lowest BCUT2D eigenvalue weighted by Gasteiger charge is -2.23. The van der Waals surface area contributed by atoms with Gasteiger partial charge in [0.15, 0.2) is 0 Å². The summed E-state index contributed by atoms with van der Waals surface area (Å²) < 4.78 is 43.9. The van der Waals surface area contributed by atoms with Gasteiger partial charge in [-0.3, -0.25) is 0 Å². The zero-order valence-corrected chi connectivity index (χ0v) is 11.7. The molecule has 1 saturated heterocycles. The average Bonchev–Trinajstić information content (AvgIpc) is 3.04. The summed E-state index contributed by atoms with van der Waals surface area (Å²) in [5, 5.41) is 17.5. The lowest BCUT2D eigenvalue weighted by Crippen LogP contribution is -2.24. The molecule has 5 nitrogen and oxygen atoms in total. The van der Waals surface area contributed by atoms with Crippen molar-refractivity contribution in [3.8, 4) is 0 Å². The van der Waals surface area contributed by atoms with E-state index in [4.69, 9.17) is 4.42 Å². The molecule has 1 N–H and O–H groups in total. The molecule has 2 heterocycles. The minimum atomic E-state index is -4.40. The molecular weight excluding hydrogens is 299 g/mol. The normalized spacial score (nSPS) is 22.3. The number of aliphatic hydroxyl groups is 1. The molecule has 118 valence electrons. The summed E-state index contributed by atoms with van der Waals surface area (Å²) in [6.45, 7) is 1.87. The predicted molar refractivity (Wildman–Crippen MR) is 71.2 cm³/mol. The van der Waals surface area contributed by atoms with Crippen LogP contribution in [0.5, 0.6) is 0 Å². The number of rotatable bonds is 2. The fraction of sp³-hybridized carbons (Fsp3) is 0.429. The Morgan fingerprint density at radius 1 is 1.32 bits per heavy atom. The van der Waals surface area contributed by atoms with Gasteiger partial charge >= 0.3 is 12.2 Å². The first-order valence-electron chi connectivity index (χ1n) is 6.76. The molecule has 0 unspecified atom stereocenters. The predicted octanol–water partition coefficient (Wildman–Crippen LogP) is 2.71. The largest absolute Gasteiger partial charge is 0.416 e. The molecule has 0 amide bonds. The maximum atomic E-state index is 12.9. The van der Waals surface area contributed by atoms with Gasteiger partial charge in [0, 0.05) is 13.5 Å². The highest BCUT2D eigenvalue weighted by molar-refractivity contribution is 5.38. The average molecular weight is 313 g/mol. The third kappa shape index (κ3) is 2.78. The molecule has 0 spiro atoms. The van der Waals surface area contributed by atoms with Crippen molar-refractivity contribution >= 4 is 6.01 Å². The number of benzene rings is 1. The Hall–Kier alpha value is -2.09. The van der Waals surface area contributed by atoms with E-state index < -0.39 is 23.9 Å². The van der Waals surface area contributed by atoms with E-state index in [-0.39, 0.29) is 12.6 Å². The monoisotopic (exact) mass is 313 g/mol. The van der Waals surface area contributed by atoms with Crippen LogP contribution in [0.15, 0.2) is 28.7 Å². The van der Waals surface area contributed by atoms with E-state index in [1.54, 1.807) is 17.9 Å². The second-order valence-corrected chi connectivity index (χ2v) is 5.28. The first-order valence-corrected chi connectivity index (χ1v) is 6.76. The highest BCUT2D eigenvalue weighted by atomic mass is 19.4. The number of aliphatic hydroxyl groups excluding tert-OH is 1. The van der Waals surface area contributed by atoms with Crippen molar-refractivity contribution in [1.29, 1.82) is 0 Å². The lowest BCUT2D eigenvalue weighted by atomic mass is 10.0. The number of nitrogens with zero attached hydrogens (tertiary/aromatic N) is 3. The number of β-amino-alcohol motifs (C(OH)–C–C–N with tert-alkyl or cyclic N) is 1. The molecule has 1 aliphatic heterocycles. The lowest BCUT2D eigenvalue weighted by molar-refractivity contribution is -0.137. The summed E-state index contributed by atoms with van der Waals surface area (Å²) in [4.78, 5) is 1.64. The molecule has 0 radical (unpaired) electrons. The van der Waals surface area contributed by atoms with Crippen LogP contribution in [0, 0.1) is 6.92 Å². The van der Waals surface area contributed by atoms with Gasteiger partial charge in [0.2, 0.25) is 5.89 Å². The number of alkyl halides is 3. The van der Waals surface area contributed by atoms with Gasteiger partial charge in [0.25, 0.3) is 0 Å². The van der Waals surface area contributed by atoms with Crippen LogP contribution in [-0.2, 0) is 6.18 Å². The summed E-state index contributed by atoms with van der Waals surface area (Å²) in [5.74, 6) is 0.360. The molecule has 0 saturated carbocycles. The number of anilines is 1. The molecule has 22 heavy (non-hydrogen) atoms. The molecule has 1 aliphatic rings. The Labute approximate surface area is 124 Å². The van der Waals surface area contributed by atoms with Crippen LogP contribution in [0.2, 0.25) is 0 Å². The molecular formula is C14H14F3N3O2. The molecule has 2 aromatic rings. The van der Waals surface area contributed by atoms with Crippen LogP contribution in [0.4, 0.5) is 19.2 Å². The SMILES string of the molecule is Cc1nnc(N2C[C@H](O)C[C@@H]2c2cccc(C(F)(F)F)c2)o1. The number of aromatic nitrogens is 2. The van der Waals surface area contributed by atoms with Gasteiger partial charge in [-0.15, -0.1) is 5.10 Å². The summed E-state index contributed by atoms with van der Waals surface area (Å²) in [5.41, 5.74) is -0.254. The molecule has 0 bridgehead atoms. The quantitative estimate of drug-likeness (QED) is 0.923. The van der Waals surface area contributed by atoms with Crippen molar-refractivity contribution in [3.63, 3.8) is 0 Å². The van der Waals surface area contributed by atoms with Crippen LogP contribution in [0.25, 0.3) is 0 Å². The zero-order valence-electron chi connectivity index (χ0n) is 11.7. The minimum absolute atomic E-state index is 0.205. The summed E-state index contributed by atoms with van der Waals surface area (Å²) in [7, 11) is 0. The Bertz CT molecular complexity index is 671. The fourth-order valence-electron chi connectivity index (χ4n) is 2.67. The van der Waals surface area contributed by atoms with E-state index in [2.05, 4.69) is 10.2 Å². The van der Waals surface area contributed by atoms with E-state index in [9.17, 15) is 18.3 Å². The maximum Gasteiger partial charge on any atom is 0.416 e. The first kappa shape index (κ1) is 14.8. The van der Waals surface area contributed by atoms with Gasteiger partial charge in [0.1, 0.15) is 0 Å². The Balaban J connectivity index is 1.95. The van der Waals surface area contributed by atoms with Crippen LogP contribution in [0.1, 0.15) is 29.5 Å². The van der Waals surface area contributed by atoms with Crippen LogP contribution < -0.4 is 4.90 Å². The minimum Gasteiger partial charge on any atom is -0.408 e.